The quantitative estimate of drug-likeness (QED) is 0.605. The molecule has 1 heterocycles. The van der Waals surface area contributed by atoms with E-state index in [1.807, 2.05) is 20.8 Å². The summed E-state index contributed by atoms with van der Waals surface area (Å²) in [4.78, 5) is 39.5. The zero-order valence-electron chi connectivity index (χ0n) is 18.0. The standard InChI is InChI=1S/C23H26ClN3O4/c1-5-31-18-9-7-17(8-10-18)27-22(29)19-11-6-16(24)12-20(19)26(23(27)30)15(4)21(28)25-13-14(2)3/h6-12,14-15H,5,13H2,1-4H3,(H,25,28)/t15-/m0/s1. The number of halogens is 1. The van der Waals surface area contributed by atoms with Crippen molar-refractivity contribution in [1.82, 2.24) is 14.5 Å². The lowest BCUT2D eigenvalue weighted by molar-refractivity contribution is -0.124. The van der Waals surface area contributed by atoms with Crippen molar-refractivity contribution >= 4 is 28.4 Å². The van der Waals surface area contributed by atoms with Gasteiger partial charge in [-0.1, -0.05) is 25.4 Å². The van der Waals surface area contributed by atoms with Gasteiger partial charge in [0.2, 0.25) is 5.91 Å². The van der Waals surface area contributed by atoms with Crippen LogP contribution in [0.15, 0.2) is 52.1 Å². The van der Waals surface area contributed by atoms with E-state index in [0.29, 0.717) is 40.5 Å². The molecule has 0 radical (unpaired) electrons. The number of nitrogens with zero attached hydrogens (tertiary/aromatic N) is 2. The minimum absolute atomic E-state index is 0.261. The van der Waals surface area contributed by atoms with Crippen molar-refractivity contribution in [2.24, 2.45) is 5.92 Å². The molecule has 3 rings (SSSR count). The van der Waals surface area contributed by atoms with Crippen LogP contribution >= 0.6 is 11.6 Å². The minimum Gasteiger partial charge on any atom is -0.494 e. The van der Waals surface area contributed by atoms with Crippen LogP contribution in [0.1, 0.15) is 33.7 Å². The highest BCUT2D eigenvalue weighted by atomic mass is 35.5. The third-order valence-electron chi connectivity index (χ3n) is 4.91. The molecule has 1 aromatic heterocycles. The number of benzene rings is 2. The van der Waals surface area contributed by atoms with Crippen LogP contribution in [0.25, 0.3) is 16.6 Å². The second-order valence-electron chi connectivity index (χ2n) is 7.70. The lowest BCUT2D eigenvalue weighted by Gasteiger charge is -2.20. The van der Waals surface area contributed by atoms with Crippen molar-refractivity contribution in [3.8, 4) is 11.4 Å². The van der Waals surface area contributed by atoms with Gasteiger partial charge >= 0.3 is 5.69 Å². The Kier molecular flexibility index (Phi) is 6.85. The molecule has 0 aliphatic heterocycles. The first-order chi connectivity index (χ1) is 14.7. The van der Waals surface area contributed by atoms with Crippen LogP contribution in [0.4, 0.5) is 0 Å². The van der Waals surface area contributed by atoms with E-state index >= 15 is 0 Å². The highest BCUT2D eigenvalue weighted by Crippen LogP contribution is 2.20. The molecule has 1 atom stereocenters. The number of rotatable bonds is 7. The van der Waals surface area contributed by atoms with Crippen molar-refractivity contribution in [3.63, 3.8) is 0 Å². The summed E-state index contributed by atoms with van der Waals surface area (Å²) in [6.07, 6.45) is 0. The number of ether oxygens (including phenoxy) is 1. The lowest BCUT2D eigenvalue weighted by Crippen LogP contribution is -2.44. The van der Waals surface area contributed by atoms with Gasteiger partial charge in [-0.2, -0.15) is 0 Å². The Morgan fingerprint density at radius 1 is 1.10 bits per heavy atom. The Balaban J connectivity index is 2.23. The zero-order valence-corrected chi connectivity index (χ0v) is 18.8. The van der Waals surface area contributed by atoms with E-state index in [4.69, 9.17) is 16.3 Å². The van der Waals surface area contributed by atoms with Crippen molar-refractivity contribution in [1.29, 1.82) is 0 Å². The molecule has 164 valence electrons. The van der Waals surface area contributed by atoms with Gasteiger partial charge < -0.3 is 10.1 Å². The van der Waals surface area contributed by atoms with Crippen LogP contribution < -0.4 is 21.3 Å². The normalized spacial score (nSPS) is 12.2. The summed E-state index contributed by atoms with van der Waals surface area (Å²) in [6.45, 7) is 8.46. The van der Waals surface area contributed by atoms with Crippen LogP contribution in [0.2, 0.25) is 5.02 Å². The predicted octanol–water partition coefficient (Wildman–Crippen LogP) is 3.54. The molecule has 0 bridgehead atoms. The van der Waals surface area contributed by atoms with Crippen molar-refractivity contribution in [3.05, 3.63) is 68.3 Å². The van der Waals surface area contributed by atoms with Crippen molar-refractivity contribution in [2.45, 2.75) is 33.7 Å². The molecular formula is C23H26ClN3O4. The molecule has 2 aromatic carbocycles. The molecule has 1 N–H and O–H groups in total. The maximum atomic E-state index is 13.5. The summed E-state index contributed by atoms with van der Waals surface area (Å²) >= 11 is 6.15. The van der Waals surface area contributed by atoms with Crippen LogP contribution in [-0.4, -0.2) is 28.2 Å². The Labute approximate surface area is 185 Å². The van der Waals surface area contributed by atoms with Crippen molar-refractivity contribution in [2.75, 3.05) is 13.2 Å². The zero-order chi connectivity index (χ0) is 22.7. The van der Waals surface area contributed by atoms with Gasteiger partial charge in [0.1, 0.15) is 11.8 Å². The molecule has 0 aliphatic rings. The summed E-state index contributed by atoms with van der Waals surface area (Å²) in [6, 6.07) is 10.5. The highest BCUT2D eigenvalue weighted by molar-refractivity contribution is 6.31. The van der Waals surface area contributed by atoms with Gasteiger partial charge in [0, 0.05) is 11.6 Å². The number of amides is 1. The van der Waals surface area contributed by atoms with Gasteiger partial charge in [-0.05, 0) is 62.2 Å². The molecule has 1 amide bonds. The Bertz CT molecular complexity index is 1210. The number of aromatic nitrogens is 2. The number of carbonyl (C=O) groups is 1. The van der Waals surface area contributed by atoms with E-state index in [1.54, 1.807) is 43.3 Å². The van der Waals surface area contributed by atoms with Crippen LogP contribution in [0.3, 0.4) is 0 Å². The molecule has 0 aliphatic carbocycles. The van der Waals surface area contributed by atoms with E-state index in [1.165, 1.54) is 10.6 Å². The third kappa shape index (κ3) is 4.66. The fraction of sp³-hybridized carbons (Fsp3) is 0.348. The van der Waals surface area contributed by atoms with Gasteiger partial charge in [0.05, 0.1) is 23.2 Å². The number of carbonyl (C=O) groups excluding carboxylic acids is 1. The van der Waals surface area contributed by atoms with Gasteiger partial charge in [0.25, 0.3) is 5.56 Å². The average Bonchev–Trinajstić information content (AvgIpc) is 2.73. The summed E-state index contributed by atoms with van der Waals surface area (Å²) in [5.74, 6) is 0.583. The highest BCUT2D eigenvalue weighted by Gasteiger charge is 2.23. The average molecular weight is 444 g/mol. The van der Waals surface area contributed by atoms with Gasteiger partial charge in [-0.25, -0.2) is 9.36 Å². The first-order valence-electron chi connectivity index (χ1n) is 10.2. The van der Waals surface area contributed by atoms with E-state index in [9.17, 15) is 14.4 Å². The first-order valence-corrected chi connectivity index (χ1v) is 10.6. The molecule has 3 aromatic rings. The molecule has 8 heteroatoms. The van der Waals surface area contributed by atoms with Gasteiger partial charge in [-0.3, -0.25) is 14.2 Å². The largest absolute Gasteiger partial charge is 0.494 e. The van der Waals surface area contributed by atoms with Crippen molar-refractivity contribution < 1.29 is 9.53 Å². The molecule has 0 unspecified atom stereocenters. The SMILES string of the molecule is CCOc1ccc(-n2c(=O)c3ccc(Cl)cc3n([C@@H](C)C(=O)NCC(C)C)c2=O)cc1. The molecule has 0 saturated heterocycles. The van der Waals surface area contributed by atoms with E-state index < -0.39 is 17.3 Å². The summed E-state index contributed by atoms with van der Waals surface area (Å²) in [7, 11) is 0. The van der Waals surface area contributed by atoms with Gasteiger partial charge in [0.15, 0.2) is 0 Å². The Hall–Kier alpha value is -3.06. The molecule has 0 fully saturated rings. The lowest BCUT2D eigenvalue weighted by atomic mass is 10.2. The van der Waals surface area contributed by atoms with E-state index in [0.717, 1.165) is 4.57 Å². The Morgan fingerprint density at radius 3 is 2.39 bits per heavy atom. The maximum absolute atomic E-state index is 13.5. The third-order valence-corrected chi connectivity index (χ3v) is 5.14. The molecule has 0 saturated carbocycles. The fourth-order valence-electron chi connectivity index (χ4n) is 3.33. The smallest absolute Gasteiger partial charge is 0.336 e. The second-order valence-corrected chi connectivity index (χ2v) is 8.13. The summed E-state index contributed by atoms with van der Waals surface area (Å²) in [5, 5.41) is 3.51. The Morgan fingerprint density at radius 2 is 1.77 bits per heavy atom. The van der Waals surface area contributed by atoms with Gasteiger partial charge in [-0.15, -0.1) is 0 Å². The molecule has 0 spiro atoms. The molecular weight excluding hydrogens is 418 g/mol. The summed E-state index contributed by atoms with van der Waals surface area (Å²) < 4.78 is 7.82. The van der Waals surface area contributed by atoms with E-state index in [2.05, 4.69) is 5.32 Å². The predicted molar refractivity (Wildman–Crippen MR) is 123 cm³/mol. The number of nitrogens with one attached hydrogen (secondary N) is 1. The number of fused-ring (bicyclic) bond motifs is 1. The summed E-state index contributed by atoms with van der Waals surface area (Å²) in [5.41, 5.74) is -0.390. The monoisotopic (exact) mass is 443 g/mol. The topological polar surface area (TPSA) is 82.3 Å². The number of hydrogen-bond donors (Lipinski definition) is 1. The van der Waals surface area contributed by atoms with Crippen LogP contribution in [0.5, 0.6) is 5.75 Å². The second kappa shape index (κ2) is 9.39. The maximum Gasteiger partial charge on any atom is 0.336 e. The number of hydrogen-bond acceptors (Lipinski definition) is 4. The fourth-order valence-corrected chi connectivity index (χ4v) is 3.50. The minimum atomic E-state index is -0.846. The molecule has 31 heavy (non-hydrogen) atoms. The van der Waals surface area contributed by atoms with E-state index in [-0.39, 0.29) is 11.8 Å². The first kappa shape index (κ1) is 22.6. The molecule has 7 nitrogen and oxygen atoms in total. The van der Waals surface area contributed by atoms with Crippen LogP contribution in [0, 0.1) is 5.92 Å². The van der Waals surface area contributed by atoms with Crippen LogP contribution in [-0.2, 0) is 4.79 Å².